The highest BCUT2D eigenvalue weighted by atomic mass is 35.5. The fourth-order valence-electron chi connectivity index (χ4n) is 4.56. The molecular weight excluding hydrogens is 421 g/mol. The summed E-state index contributed by atoms with van der Waals surface area (Å²) in [5.74, 6) is 1.52. The molecule has 0 aliphatic carbocycles. The molecule has 0 fully saturated rings. The third kappa shape index (κ3) is 3.18. The largest absolute Gasteiger partial charge is 0.684 e. The summed E-state index contributed by atoms with van der Waals surface area (Å²) in [6.07, 6.45) is -0.491. The van der Waals surface area contributed by atoms with Crippen LogP contribution in [0.25, 0.3) is 0 Å². The van der Waals surface area contributed by atoms with Gasteiger partial charge in [-0.25, -0.2) is 0 Å². The van der Waals surface area contributed by atoms with Crippen LogP contribution in [-0.4, -0.2) is 11.6 Å². The Labute approximate surface area is 191 Å². The standard InChI is InChI=1S/C26H20BClNO3/c28-22-15-16-25-23(17-22)26-29(18-19-9-7-8-14-24(19)30-26)32-27(31-25,20-10-3-1-4-11-20)21-12-5-2-6-13-21/h1-17,26H,18H2/q-1. The van der Waals surface area contributed by atoms with Crippen molar-refractivity contribution in [2.24, 2.45) is 0 Å². The monoisotopic (exact) mass is 440 g/mol. The number of ether oxygens (including phenoxy) is 1. The minimum Gasteiger partial charge on any atom is -0.684 e. The maximum absolute atomic E-state index is 6.86. The molecule has 0 aromatic heterocycles. The second kappa shape index (κ2) is 7.71. The molecule has 0 radical (unpaired) electrons. The van der Waals surface area contributed by atoms with Crippen molar-refractivity contribution in [2.45, 2.75) is 12.8 Å². The van der Waals surface area contributed by atoms with E-state index in [1.54, 1.807) is 0 Å². The van der Waals surface area contributed by atoms with Crippen LogP contribution in [0.3, 0.4) is 0 Å². The van der Waals surface area contributed by atoms with E-state index >= 15 is 0 Å². The summed E-state index contributed by atoms with van der Waals surface area (Å²) in [6.45, 7) is -1.54. The van der Waals surface area contributed by atoms with E-state index in [-0.39, 0.29) is 0 Å². The first-order valence-electron chi connectivity index (χ1n) is 10.7. The Morgan fingerprint density at radius 3 is 2.12 bits per heavy atom. The maximum Gasteiger partial charge on any atom is 0.368 e. The molecule has 0 bridgehead atoms. The number of hydrogen-bond donors (Lipinski definition) is 0. The van der Waals surface area contributed by atoms with Gasteiger partial charge in [0.05, 0.1) is 12.3 Å². The zero-order valence-electron chi connectivity index (χ0n) is 17.2. The van der Waals surface area contributed by atoms with E-state index in [1.165, 1.54) is 0 Å². The zero-order valence-corrected chi connectivity index (χ0v) is 18.0. The van der Waals surface area contributed by atoms with E-state index in [9.17, 15) is 0 Å². The molecule has 4 aromatic rings. The van der Waals surface area contributed by atoms with Gasteiger partial charge in [0.1, 0.15) is 5.75 Å². The van der Waals surface area contributed by atoms with Crippen LogP contribution in [0.4, 0.5) is 0 Å². The van der Waals surface area contributed by atoms with Gasteiger partial charge in [0.2, 0.25) is 0 Å². The van der Waals surface area contributed by atoms with Gasteiger partial charge < -0.3 is 14.1 Å². The van der Waals surface area contributed by atoms with E-state index in [2.05, 4.69) is 6.07 Å². The lowest BCUT2D eigenvalue weighted by Crippen LogP contribution is -2.67. The van der Waals surface area contributed by atoms with Gasteiger partial charge in [-0.15, -0.1) is 10.9 Å². The highest BCUT2D eigenvalue weighted by Gasteiger charge is 2.43. The maximum atomic E-state index is 6.86. The Hall–Kier alpha value is -3.25. The molecule has 32 heavy (non-hydrogen) atoms. The summed E-state index contributed by atoms with van der Waals surface area (Å²) < 4.78 is 20.1. The smallest absolute Gasteiger partial charge is 0.368 e. The van der Waals surface area contributed by atoms with Gasteiger partial charge in [-0.05, 0) is 24.3 Å². The lowest BCUT2D eigenvalue weighted by Gasteiger charge is -2.46. The summed E-state index contributed by atoms with van der Waals surface area (Å²) >= 11 is 6.40. The highest BCUT2D eigenvalue weighted by molar-refractivity contribution is 6.93. The Morgan fingerprint density at radius 2 is 1.41 bits per heavy atom. The van der Waals surface area contributed by atoms with Crippen LogP contribution in [0.1, 0.15) is 17.4 Å². The Bertz CT molecular complexity index is 1230. The number of fused-ring (bicyclic) bond motifs is 4. The fraction of sp³-hybridized carbons (Fsp3) is 0.0769. The van der Waals surface area contributed by atoms with Crippen LogP contribution in [0, 0.1) is 0 Å². The summed E-state index contributed by atoms with van der Waals surface area (Å²) in [7, 11) is 0. The molecular formula is C26H20BClNO3-. The number of nitrogens with zero attached hydrogens (tertiary/aromatic N) is 1. The molecule has 2 heterocycles. The third-order valence-corrected chi connectivity index (χ3v) is 6.33. The van der Waals surface area contributed by atoms with Crippen LogP contribution in [0.2, 0.25) is 5.02 Å². The first-order chi connectivity index (χ1) is 15.7. The van der Waals surface area contributed by atoms with Crippen molar-refractivity contribution < 1.29 is 14.1 Å². The van der Waals surface area contributed by atoms with Crippen molar-refractivity contribution >= 4 is 29.1 Å². The molecule has 4 aromatic carbocycles. The van der Waals surface area contributed by atoms with Gasteiger partial charge in [-0.1, -0.05) is 90.5 Å². The predicted octanol–water partition coefficient (Wildman–Crippen LogP) is 4.81. The van der Waals surface area contributed by atoms with E-state index < -0.39 is 12.8 Å². The topological polar surface area (TPSA) is 30.9 Å². The molecule has 0 saturated carbocycles. The molecule has 0 saturated heterocycles. The first-order valence-corrected chi connectivity index (χ1v) is 11.0. The number of rotatable bonds is 2. The van der Waals surface area contributed by atoms with Crippen LogP contribution in [0.5, 0.6) is 11.5 Å². The number of halogens is 1. The SMILES string of the molecule is Clc1ccc2c(c1)C1Oc3ccccc3CN1O[B-](c1ccccc1)(c1ccccc1)O2. The Morgan fingerprint density at radius 1 is 0.750 bits per heavy atom. The molecule has 1 unspecified atom stereocenters. The molecule has 0 N–H and O–H groups in total. The van der Waals surface area contributed by atoms with Gasteiger partial charge in [-0.2, -0.15) is 5.06 Å². The molecule has 0 spiro atoms. The first kappa shape index (κ1) is 19.4. The van der Waals surface area contributed by atoms with Crippen molar-refractivity contribution in [2.75, 3.05) is 0 Å². The highest BCUT2D eigenvalue weighted by Crippen LogP contribution is 2.43. The van der Waals surface area contributed by atoms with Crippen LogP contribution in [0.15, 0.2) is 103 Å². The third-order valence-electron chi connectivity index (χ3n) is 6.09. The van der Waals surface area contributed by atoms with E-state index in [0.717, 1.165) is 27.8 Å². The molecule has 2 aliphatic rings. The zero-order chi connectivity index (χ0) is 21.5. The average Bonchev–Trinajstić information content (AvgIpc) is 2.98. The van der Waals surface area contributed by atoms with Gasteiger partial charge in [0, 0.05) is 16.1 Å². The molecule has 0 amide bonds. The van der Waals surface area contributed by atoms with Gasteiger partial charge in [-0.3, -0.25) is 0 Å². The molecule has 4 nitrogen and oxygen atoms in total. The van der Waals surface area contributed by atoms with Crippen LogP contribution in [-0.2, 0) is 11.3 Å². The van der Waals surface area contributed by atoms with Crippen LogP contribution >= 0.6 is 11.6 Å². The summed E-state index contributed by atoms with van der Waals surface area (Å²) in [6, 6.07) is 33.8. The quantitative estimate of drug-likeness (QED) is 0.418. The molecule has 6 rings (SSSR count). The lowest BCUT2D eigenvalue weighted by atomic mass is 9.46. The van der Waals surface area contributed by atoms with Crippen molar-refractivity contribution in [3.8, 4) is 11.5 Å². The Balaban J connectivity index is 1.59. The normalized spacial score (nSPS) is 18.8. The van der Waals surface area contributed by atoms with E-state index in [4.69, 9.17) is 25.7 Å². The molecule has 2 aliphatic heterocycles. The predicted molar refractivity (Wildman–Crippen MR) is 126 cm³/mol. The summed E-state index contributed by atoms with van der Waals surface area (Å²) in [4.78, 5) is 0. The van der Waals surface area contributed by atoms with E-state index in [1.807, 2.05) is 102 Å². The van der Waals surface area contributed by atoms with Crippen molar-refractivity contribution in [3.63, 3.8) is 0 Å². The van der Waals surface area contributed by atoms with Gasteiger partial charge in [0.15, 0.2) is 6.23 Å². The minimum absolute atomic E-state index is 0.491. The molecule has 6 heteroatoms. The number of para-hydroxylation sites is 1. The average molecular weight is 441 g/mol. The summed E-state index contributed by atoms with van der Waals surface area (Å²) in [5, 5.41) is 2.50. The van der Waals surface area contributed by atoms with Crippen molar-refractivity contribution in [1.82, 2.24) is 5.06 Å². The number of hydroxylamine groups is 2. The lowest BCUT2D eigenvalue weighted by molar-refractivity contribution is -0.189. The second-order valence-electron chi connectivity index (χ2n) is 8.09. The number of benzene rings is 4. The van der Waals surface area contributed by atoms with Crippen LogP contribution < -0.4 is 20.3 Å². The second-order valence-corrected chi connectivity index (χ2v) is 8.53. The Kier molecular flexibility index (Phi) is 4.69. The van der Waals surface area contributed by atoms with E-state index in [0.29, 0.717) is 17.3 Å². The van der Waals surface area contributed by atoms with Crippen molar-refractivity contribution in [1.29, 1.82) is 0 Å². The number of hydrogen-bond acceptors (Lipinski definition) is 4. The molecule has 1 atom stereocenters. The van der Waals surface area contributed by atoms with Gasteiger partial charge >= 0.3 is 6.55 Å². The van der Waals surface area contributed by atoms with Gasteiger partial charge in [0.25, 0.3) is 0 Å². The molecule has 158 valence electrons. The summed E-state index contributed by atoms with van der Waals surface area (Å²) in [5.41, 5.74) is 3.78. The fourth-order valence-corrected chi connectivity index (χ4v) is 4.74. The van der Waals surface area contributed by atoms with Crippen molar-refractivity contribution in [3.05, 3.63) is 119 Å². The minimum atomic E-state index is -2.09.